The number of aromatic hydroxyl groups is 1. The zero-order chi connectivity index (χ0) is 22.0. The summed E-state index contributed by atoms with van der Waals surface area (Å²) in [7, 11) is 0. The molecule has 6 heteroatoms. The lowest BCUT2D eigenvalue weighted by atomic mass is 9.98. The summed E-state index contributed by atoms with van der Waals surface area (Å²) in [6.07, 6.45) is 2.48. The van der Waals surface area contributed by atoms with E-state index in [1.54, 1.807) is 6.92 Å². The Morgan fingerprint density at radius 2 is 1.80 bits per heavy atom. The predicted octanol–water partition coefficient (Wildman–Crippen LogP) is 4.62. The fourth-order valence-electron chi connectivity index (χ4n) is 4.11. The van der Waals surface area contributed by atoms with Gasteiger partial charge in [-0.25, -0.2) is 0 Å². The zero-order valence-electron chi connectivity index (χ0n) is 17.9. The molecular formula is C24H28N2O4. The van der Waals surface area contributed by atoms with Crippen LogP contribution in [0.2, 0.25) is 0 Å². The SMILES string of the molecule is Cc1c(C(=O)C(C)Oc2ccc(C(C)C)cc2)c(O)n(C2CCCC2)c(=O)c1C#N. The van der Waals surface area contributed by atoms with Crippen LogP contribution in [0.15, 0.2) is 29.1 Å². The van der Waals surface area contributed by atoms with Gasteiger partial charge in [-0.2, -0.15) is 5.26 Å². The van der Waals surface area contributed by atoms with E-state index in [0.717, 1.165) is 31.2 Å². The molecule has 30 heavy (non-hydrogen) atoms. The fraction of sp³-hybridized carbons (Fsp3) is 0.458. The molecule has 1 saturated carbocycles. The number of ketones is 1. The maximum atomic E-state index is 13.2. The second kappa shape index (κ2) is 8.74. The van der Waals surface area contributed by atoms with E-state index in [1.165, 1.54) is 11.5 Å². The molecule has 3 rings (SSSR count). The summed E-state index contributed by atoms with van der Waals surface area (Å²) in [6.45, 7) is 7.32. The largest absolute Gasteiger partial charge is 0.494 e. The van der Waals surface area contributed by atoms with Crippen molar-refractivity contribution in [2.24, 2.45) is 0 Å². The van der Waals surface area contributed by atoms with E-state index in [0.29, 0.717) is 11.7 Å². The Bertz CT molecular complexity index is 1040. The average Bonchev–Trinajstić information content (AvgIpc) is 3.22. The normalized spacial score (nSPS) is 15.2. The lowest BCUT2D eigenvalue weighted by Crippen LogP contribution is -2.32. The summed E-state index contributed by atoms with van der Waals surface area (Å²) in [4.78, 5) is 26.0. The molecule has 1 heterocycles. The Morgan fingerprint density at radius 1 is 1.20 bits per heavy atom. The molecule has 0 bridgehead atoms. The van der Waals surface area contributed by atoms with E-state index < -0.39 is 17.4 Å². The number of nitrogens with zero attached hydrogens (tertiary/aromatic N) is 2. The van der Waals surface area contributed by atoms with Crippen molar-refractivity contribution in [3.05, 3.63) is 56.9 Å². The fourth-order valence-corrected chi connectivity index (χ4v) is 4.11. The highest BCUT2D eigenvalue weighted by Gasteiger charge is 2.31. The molecule has 1 fully saturated rings. The van der Waals surface area contributed by atoms with Gasteiger partial charge in [0, 0.05) is 6.04 Å². The van der Waals surface area contributed by atoms with Crippen molar-refractivity contribution in [2.45, 2.75) is 71.4 Å². The Labute approximate surface area is 176 Å². The summed E-state index contributed by atoms with van der Waals surface area (Å²) < 4.78 is 7.05. The third kappa shape index (κ3) is 3.97. The molecule has 158 valence electrons. The van der Waals surface area contributed by atoms with Gasteiger partial charge in [-0.1, -0.05) is 38.8 Å². The smallest absolute Gasteiger partial charge is 0.271 e. The number of benzene rings is 1. The molecule has 1 atom stereocenters. The van der Waals surface area contributed by atoms with Crippen molar-refractivity contribution in [3.63, 3.8) is 0 Å². The van der Waals surface area contributed by atoms with Gasteiger partial charge in [0.25, 0.3) is 5.56 Å². The first kappa shape index (κ1) is 21.6. The molecule has 0 aliphatic heterocycles. The van der Waals surface area contributed by atoms with Gasteiger partial charge in [-0.15, -0.1) is 0 Å². The monoisotopic (exact) mass is 408 g/mol. The maximum absolute atomic E-state index is 13.2. The van der Waals surface area contributed by atoms with E-state index in [4.69, 9.17) is 4.74 Å². The molecule has 0 amide bonds. The zero-order valence-corrected chi connectivity index (χ0v) is 17.9. The van der Waals surface area contributed by atoms with Crippen molar-refractivity contribution in [3.8, 4) is 17.7 Å². The minimum atomic E-state index is -0.888. The van der Waals surface area contributed by atoms with E-state index >= 15 is 0 Å². The lowest BCUT2D eigenvalue weighted by molar-refractivity contribution is 0.0812. The van der Waals surface area contributed by atoms with Crippen LogP contribution in [0.4, 0.5) is 0 Å². The Morgan fingerprint density at radius 3 is 2.33 bits per heavy atom. The quantitative estimate of drug-likeness (QED) is 0.704. The van der Waals surface area contributed by atoms with Gasteiger partial charge in [0.05, 0.1) is 5.56 Å². The van der Waals surface area contributed by atoms with Crippen molar-refractivity contribution < 1.29 is 14.6 Å². The summed E-state index contributed by atoms with van der Waals surface area (Å²) >= 11 is 0. The first-order valence-electron chi connectivity index (χ1n) is 10.4. The van der Waals surface area contributed by atoms with Gasteiger partial charge in [-0.05, 0) is 55.9 Å². The van der Waals surface area contributed by atoms with Gasteiger partial charge in [0.1, 0.15) is 17.4 Å². The van der Waals surface area contributed by atoms with Crippen molar-refractivity contribution in [1.29, 1.82) is 5.26 Å². The minimum absolute atomic E-state index is 0.00986. The van der Waals surface area contributed by atoms with Gasteiger partial charge in [-0.3, -0.25) is 14.2 Å². The van der Waals surface area contributed by atoms with Crippen molar-refractivity contribution >= 4 is 5.78 Å². The third-order valence-corrected chi connectivity index (χ3v) is 5.91. The van der Waals surface area contributed by atoms with Gasteiger partial charge >= 0.3 is 0 Å². The molecule has 2 aromatic rings. The van der Waals surface area contributed by atoms with Crippen LogP contribution >= 0.6 is 0 Å². The Kier molecular flexibility index (Phi) is 6.31. The number of ether oxygens (including phenoxy) is 1. The van der Waals surface area contributed by atoms with Crippen LogP contribution in [-0.2, 0) is 0 Å². The van der Waals surface area contributed by atoms with Crippen LogP contribution in [-0.4, -0.2) is 21.6 Å². The third-order valence-electron chi connectivity index (χ3n) is 5.91. The van der Waals surface area contributed by atoms with Crippen LogP contribution in [0.5, 0.6) is 11.6 Å². The van der Waals surface area contributed by atoms with E-state index in [9.17, 15) is 20.0 Å². The molecule has 0 radical (unpaired) electrons. The topological polar surface area (TPSA) is 92.3 Å². The predicted molar refractivity (Wildman–Crippen MR) is 114 cm³/mol. The summed E-state index contributed by atoms with van der Waals surface area (Å²) in [6, 6.07) is 9.25. The second-order valence-electron chi connectivity index (χ2n) is 8.27. The number of carbonyl (C=O) groups is 1. The molecule has 0 spiro atoms. The standard InChI is InChI=1S/C24H28N2O4/c1-14(2)17-9-11-19(12-10-17)30-16(4)22(27)21-15(3)20(13-25)23(28)26(24(21)29)18-7-5-6-8-18/h9-12,14,16,18,29H,5-8H2,1-4H3. The van der Waals surface area contributed by atoms with E-state index in [-0.39, 0.29) is 28.6 Å². The number of pyridine rings is 1. The van der Waals surface area contributed by atoms with Crippen molar-refractivity contribution in [1.82, 2.24) is 4.57 Å². The highest BCUT2D eigenvalue weighted by molar-refractivity contribution is 6.03. The maximum Gasteiger partial charge on any atom is 0.271 e. The molecule has 1 aliphatic carbocycles. The van der Waals surface area contributed by atoms with Gasteiger partial charge in [0.2, 0.25) is 11.7 Å². The molecule has 0 saturated heterocycles. The number of rotatable bonds is 6. The van der Waals surface area contributed by atoms with Gasteiger partial charge in [0.15, 0.2) is 6.10 Å². The lowest BCUT2D eigenvalue weighted by Gasteiger charge is -2.22. The molecule has 1 aromatic heterocycles. The van der Waals surface area contributed by atoms with Crippen molar-refractivity contribution in [2.75, 3.05) is 0 Å². The number of Topliss-reactive ketones (excluding diaryl/α,β-unsaturated/α-hetero) is 1. The molecule has 6 nitrogen and oxygen atoms in total. The first-order chi connectivity index (χ1) is 14.3. The molecule has 1 N–H and O–H groups in total. The highest BCUT2D eigenvalue weighted by atomic mass is 16.5. The Balaban J connectivity index is 1.97. The van der Waals surface area contributed by atoms with Gasteiger partial charge < -0.3 is 9.84 Å². The van der Waals surface area contributed by atoms with Crippen LogP contribution in [0, 0.1) is 18.3 Å². The van der Waals surface area contributed by atoms with Crippen LogP contribution in [0.1, 0.15) is 85.5 Å². The number of nitriles is 1. The molecule has 1 aromatic carbocycles. The summed E-state index contributed by atoms with van der Waals surface area (Å²) in [5.41, 5.74) is 0.719. The minimum Gasteiger partial charge on any atom is -0.494 e. The molecule has 1 aliphatic rings. The average molecular weight is 408 g/mol. The number of hydrogen-bond acceptors (Lipinski definition) is 5. The number of hydrogen-bond donors (Lipinski definition) is 1. The second-order valence-corrected chi connectivity index (χ2v) is 8.27. The van der Waals surface area contributed by atoms with E-state index in [2.05, 4.69) is 13.8 Å². The van der Waals surface area contributed by atoms with E-state index in [1.807, 2.05) is 30.3 Å². The Hall–Kier alpha value is -3.07. The molecular weight excluding hydrogens is 380 g/mol. The van der Waals surface area contributed by atoms with Crippen LogP contribution < -0.4 is 10.3 Å². The highest BCUT2D eigenvalue weighted by Crippen LogP contribution is 2.34. The number of aromatic nitrogens is 1. The molecule has 1 unspecified atom stereocenters. The first-order valence-corrected chi connectivity index (χ1v) is 10.4. The summed E-state index contributed by atoms with van der Waals surface area (Å²) in [5.74, 6) is 0.112. The van der Waals surface area contributed by atoms with Crippen LogP contribution in [0.3, 0.4) is 0 Å². The summed E-state index contributed by atoms with van der Waals surface area (Å²) in [5, 5.41) is 20.4. The van der Waals surface area contributed by atoms with Crippen LogP contribution in [0.25, 0.3) is 0 Å². The number of carbonyl (C=O) groups excluding carboxylic acids is 1.